The van der Waals surface area contributed by atoms with Gasteiger partial charge in [-0.25, -0.2) is 21.9 Å². The van der Waals surface area contributed by atoms with Crippen molar-refractivity contribution in [3.8, 4) is 0 Å². The zero-order valence-electron chi connectivity index (χ0n) is 15.2. The van der Waals surface area contributed by atoms with Gasteiger partial charge in [-0.1, -0.05) is 0 Å². The second kappa shape index (κ2) is 8.78. The first-order valence-electron chi connectivity index (χ1n) is 8.12. The van der Waals surface area contributed by atoms with Gasteiger partial charge in [0.25, 0.3) is 5.91 Å². The number of halogens is 3. The van der Waals surface area contributed by atoms with E-state index in [1.165, 1.54) is 0 Å². The molecule has 154 valence electrons. The third-order valence-corrected chi connectivity index (χ3v) is 5.45. The lowest BCUT2D eigenvalue weighted by Crippen LogP contribution is -2.40. The number of sulfonamides is 1. The van der Waals surface area contributed by atoms with E-state index in [1.807, 2.05) is 0 Å². The van der Waals surface area contributed by atoms with Crippen LogP contribution in [0.4, 0.5) is 14.5 Å². The number of carbonyl (C=O) groups is 1. The SMILES string of the molecule is CC(C)(C)NS(=O)(=O)c1cc(NC(=O)[C@@H]2CC[C@H](CN)O2)c(F)cc1F.Cl. The molecule has 0 saturated carbocycles. The Labute approximate surface area is 163 Å². The quantitative estimate of drug-likeness (QED) is 0.664. The van der Waals surface area contributed by atoms with Gasteiger partial charge < -0.3 is 15.8 Å². The van der Waals surface area contributed by atoms with E-state index >= 15 is 0 Å². The number of ether oxygens (including phenoxy) is 1. The monoisotopic (exact) mass is 427 g/mol. The predicted octanol–water partition coefficient (Wildman–Crippen LogP) is 1.91. The topological polar surface area (TPSA) is 111 Å². The molecular formula is C16H24ClF2N3O4S. The van der Waals surface area contributed by atoms with Gasteiger partial charge in [0.1, 0.15) is 22.6 Å². The van der Waals surface area contributed by atoms with Crippen molar-refractivity contribution in [1.29, 1.82) is 0 Å². The maximum absolute atomic E-state index is 14.0. The van der Waals surface area contributed by atoms with E-state index in [-0.39, 0.29) is 25.1 Å². The number of anilines is 1. The molecule has 0 aromatic heterocycles. The van der Waals surface area contributed by atoms with Crippen molar-refractivity contribution >= 4 is 34.0 Å². The van der Waals surface area contributed by atoms with Crippen LogP contribution in [0.15, 0.2) is 17.0 Å². The summed E-state index contributed by atoms with van der Waals surface area (Å²) in [4.78, 5) is 11.4. The van der Waals surface area contributed by atoms with Gasteiger partial charge in [0.05, 0.1) is 11.8 Å². The van der Waals surface area contributed by atoms with Gasteiger partial charge in [-0.15, -0.1) is 12.4 Å². The molecule has 7 nitrogen and oxygen atoms in total. The van der Waals surface area contributed by atoms with Crippen LogP contribution in [0.1, 0.15) is 33.6 Å². The van der Waals surface area contributed by atoms with Crippen LogP contribution >= 0.6 is 12.4 Å². The molecule has 1 amide bonds. The van der Waals surface area contributed by atoms with Gasteiger partial charge in [0.15, 0.2) is 0 Å². The first-order chi connectivity index (χ1) is 11.9. The summed E-state index contributed by atoms with van der Waals surface area (Å²) in [5, 5.41) is 2.26. The molecule has 0 spiro atoms. The summed E-state index contributed by atoms with van der Waals surface area (Å²) in [6.45, 7) is 5.01. The molecule has 2 rings (SSSR count). The van der Waals surface area contributed by atoms with Crippen molar-refractivity contribution in [3.63, 3.8) is 0 Å². The van der Waals surface area contributed by atoms with Crippen LogP contribution in [-0.4, -0.2) is 38.6 Å². The van der Waals surface area contributed by atoms with Crippen molar-refractivity contribution in [2.45, 2.75) is 56.3 Å². The van der Waals surface area contributed by atoms with Gasteiger partial charge in [-0.2, -0.15) is 0 Å². The maximum Gasteiger partial charge on any atom is 0.253 e. The highest BCUT2D eigenvalue weighted by atomic mass is 35.5. The normalized spacial score (nSPS) is 20.2. The molecule has 0 radical (unpaired) electrons. The molecule has 11 heteroatoms. The summed E-state index contributed by atoms with van der Waals surface area (Å²) in [5.41, 5.74) is 4.17. The molecule has 4 N–H and O–H groups in total. The Morgan fingerprint density at radius 2 is 1.89 bits per heavy atom. The van der Waals surface area contributed by atoms with Crippen molar-refractivity contribution in [3.05, 3.63) is 23.8 Å². The fourth-order valence-electron chi connectivity index (χ4n) is 2.57. The van der Waals surface area contributed by atoms with Gasteiger partial charge in [0.2, 0.25) is 10.0 Å². The van der Waals surface area contributed by atoms with Crippen molar-refractivity contribution in [2.24, 2.45) is 5.73 Å². The minimum atomic E-state index is -4.25. The van der Waals surface area contributed by atoms with E-state index in [1.54, 1.807) is 20.8 Å². The summed E-state index contributed by atoms with van der Waals surface area (Å²) in [6, 6.07) is 1.18. The van der Waals surface area contributed by atoms with Crippen LogP contribution in [-0.2, 0) is 19.6 Å². The highest BCUT2D eigenvalue weighted by Gasteiger charge is 2.31. The highest BCUT2D eigenvalue weighted by Crippen LogP contribution is 2.26. The van der Waals surface area contributed by atoms with Crippen molar-refractivity contribution in [1.82, 2.24) is 4.72 Å². The van der Waals surface area contributed by atoms with E-state index in [0.717, 1.165) is 6.07 Å². The Morgan fingerprint density at radius 1 is 1.26 bits per heavy atom. The molecule has 1 aromatic carbocycles. The minimum Gasteiger partial charge on any atom is -0.364 e. The van der Waals surface area contributed by atoms with Crippen LogP contribution in [0.3, 0.4) is 0 Å². The maximum atomic E-state index is 14.0. The molecule has 1 aliphatic rings. The van der Waals surface area contributed by atoms with E-state index < -0.39 is 49.8 Å². The lowest BCUT2D eigenvalue weighted by molar-refractivity contribution is -0.126. The number of carbonyl (C=O) groups excluding carboxylic acids is 1. The third kappa shape index (κ3) is 6.08. The summed E-state index contributed by atoms with van der Waals surface area (Å²) in [5.74, 6) is -2.98. The Hall–Kier alpha value is -1.33. The van der Waals surface area contributed by atoms with Crippen molar-refractivity contribution < 1.29 is 26.7 Å². The summed E-state index contributed by atoms with van der Waals surface area (Å²) < 4.78 is 60.4. The smallest absolute Gasteiger partial charge is 0.253 e. The number of nitrogens with two attached hydrogens (primary N) is 1. The number of hydrogen-bond acceptors (Lipinski definition) is 5. The second-order valence-electron chi connectivity index (χ2n) is 7.17. The molecule has 0 bridgehead atoms. The predicted molar refractivity (Wildman–Crippen MR) is 99.3 cm³/mol. The summed E-state index contributed by atoms with van der Waals surface area (Å²) >= 11 is 0. The summed E-state index contributed by atoms with van der Waals surface area (Å²) in [6.07, 6.45) is -0.0698. The molecule has 1 fully saturated rings. The molecular weight excluding hydrogens is 404 g/mol. The lowest BCUT2D eigenvalue weighted by atomic mass is 10.1. The molecule has 27 heavy (non-hydrogen) atoms. The largest absolute Gasteiger partial charge is 0.364 e. The molecule has 0 aliphatic carbocycles. The summed E-state index contributed by atoms with van der Waals surface area (Å²) in [7, 11) is -4.25. The first-order valence-corrected chi connectivity index (χ1v) is 9.60. The first kappa shape index (κ1) is 23.7. The van der Waals surface area contributed by atoms with E-state index in [2.05, 4.69) is 10.0 Å². The van der Waals surface area contributed by atoms with Crippen LogP contribution in [0.25, 0.3) is 0 Å². The van der Waals surface area contributed by atoms with Gasteiger partial charge >= 0.3 is 0 Å². The third-order valence-electron chi connectivity index (χ3n) is 3.67. The Kier molecular flexibility index (Phi) is 7.71. The average Bonchev–Trinajstić information content (AvgIpc) is 2.96. The Balaban J connectivity index is 0.00000364. The highest BCUT2D eigenvalue weighted by molar-refractivity contribution is 7.89. The average molecular weight is 428 g/mol. The molecule has 0 unspecified atom stereocenters. The lowest BCUT2D eigenvalue weighted by Gasteiger charge is -2.21. The molecule has 1 aromatic rings. The van der Waals surface area contributed by atoms with Gasteiger partial charge in [-0.05, 0) is 39.7 Å². The Bertz CT molecular complexity index is 800. The Morgan fingerprint density at radius 3 is 2.41 bits per heavy atom. The van der Waals surface area contributed by atoms with Crippen LogP contribution in [0.5, 0.6) is 0 Å². The van der Waals surface area contributed by atoms with E-state index in [0.29, 0.717) is 18.9 Å². The zero-order chi connectivity index (χ0) is 19.7. The van der Waals surface area contributed by atoms with Gasteiger partial charge in [-0.3, -0.25) is 4.79 Å². The molecule has 1 saturated heterocycles. The van der Waals surface area contributed by atoms with Crippen LogP contribution in [0.2, 0.25) is 0 Å². The van der Waals surface area contributed by atoms with Crippen molar-refractivity contribution in [2.75, 3.05) is 11.9 Å². The molecule has 1 heterocycles. The fraction of sp³-hybridized carbons (Fsp3) is 0.562. The van der Waals surface area contributed by atoms with E-state index in [9.17, 15) is 22.0 Å². The minimum absolute atomic E-state index is 0. The van der Waals surface area contributed by atoms with E-state index in [4.69, 9.17) is 10.5 Å². The second-order valence-corrected chi connectivity index (χ2v) is 8.82. The number of nitrogens with one attached hydrogen (secondary N) is 2. The number of hydrogen-bond donors (Lipinski definition) is 3. The van der Waals surface area contributed by atoms with Gasteiger partial charge in [0, 0.05) is 18.2 Å². The number of amides is 1. The number of benzene rings is 1. The fourth-order valence-corrected chi connectivity index (χ4v) is 4.08. The van der Waals surface area contributed by atoms with Crippen LogP contribution in [0, 0.1) is 11.6 Å². The zero-order valence-corrected chi connectivity index (χ0v) is 16.8. The van der Waals surface area contributed by atoms with Crippen LogP contribution < -0.4 is 15.8 Å². The number of rotatable bonds is 5. The standard InChI is InChI=1S/C16H23F2N3O4S.ClH/c1-16(2,3)21-26(23,24)14-7-12(10(17)6-11(14)18)20-15(22)13-5-4-9(8-19)25-13;/h6-7,9,13,21H,4-5,8,19H2,1-3H3,(H,20,22);1H/t9-,13+;/m1./s1. The molecule has 1 aliphatic heterocycles. The molecule has 2 atom stereocenters.